The molecule has 0 radical (unpaired) electrons. The van der Waals surface area contributed by atoms with Crippen LogP contribution in [0.4, 0.5) is 10.1 Å². The molecule has 1 aromatic rings. The predicted octanol–water partition coefficient (Wildman–Crippen LogP) is 2.39. The van der Waals surface area contributed by atoms with Gasteiger partial charge in [-0.3, -0.25) is 0 Å². The lowest BCUT2D eigenvalue weighted by Crippen LogP contribution is -2.49. The summed E-state index contributed by atoms with van der Waals surface area (Å²) in [6, 6.07) is 5.51. The third kappa shape index (κ3) is 2.32. The van der Waals surface area contributed by atoms with Gasteiger partial charge in [-0.2, -0.15) is 0 Å². The van der Waals surface area contributed by atoms with Crippen molar-refractivity contribution in [3.05, 3.63) is 28.5 Å². The molecule has 4 heteroatoms. The Bertz CT molecular complexity index is 336. The molecule has 1 heterocycles. The second-order valence-electron chi connectivity index (χ2n) is 3.87. The maximum absolute atomic E-state index is 13.7. The number of nitrogens with zero attached hydrogens (tertiary/aromatic N) is 1. The van der Waals surface area contributed by atoms with E-state index in [1.54, 1.807) is 6.07 Å². The molecule has 82 valence electrons. The van der Waals surface area contributed by atoms with E-state index in [4.69, 9.17) is 0 Å². The van der Waals surface area contributed by atoms with E-state index < -0.39 is 0 Å². The minimum Gasteiger partial charge on any atom is -0.365 e. The minimum absolute atomic E-state index is 0.154. The summed E-state index contributed by atoms with van der Waals surface area (Å²) >= 11 is 3.40. The first kappa shape index (κ1) is 10.9. The number of anilines is 1. The lowest BCUT2D eigenvalue weighted by molar-refractivity contribution is 0.478. The summed E-state index contributed by atoms with van der Waals surface area (Å²) in [7, 11) is 0. The molecule has 1 saturated heterocycles. The van der Waals surface area contributed by atoms with Crippen molar-refractivity contribution in [1.82, 2.24) is 5.32 Å². The molecule has 2 rings (SSSR count). The van der Waals surface area contributed by atoms with Gasteiger partial charge in [0.2, 0.25) is 0 Å². The van der Waals surface area contributed by atoms with Gasteiger partial charge in [-0.1, -0.05) is 6.07 Å². The molecule has 0 bridgehead atoms. The van der Waals surface area contributed by atoms with Crippen LogP contribution in [0.15, 0.2) is 22.7 Å². The van der Waals surface area contributed by atoms with Gasteiger partial charge in [-0.15, -0.1) is 0 Å². The molecule has 0 aromatic heterocycles. The van der Waals surface area contributed by atoms with Crippen molar-refractivity contribution >= 4 is 21.6 Å². The zero-order chi connectivity index (χ0) is 10.8. The molecule has 0 aliphatic carbocycles. The molecule has 2 nitrogen and oxygen atoms in total. The van der Waals surface area contributed by atoms with E-state index in [0.29, 0.717) is 11.7 Å². The van der Waals surface area contributed by atoms with E-state index in [-0.39, 0.29) is 5.82 Å². The first-order chi connectivity index (χ1) is 7.18. The quantitative estimate of drug-likeness (QED) is 0.845. The molecule has 1 fully saturated rings. The van der Waals surface area contributed by atoms with Gasteiger partial charge in [0.25, 0.3) is 0 Å². The van der Waals surface area contributed by atoms with Gasteiger partial charge in [0.1, 0.15) is 5.82 Å². The van der Waals surface area contributed by atoms with E-state index in [0.717, 1.165) is 24.1 Å². The average Bonchev–Trinajstić information content (AvgIpc) is 2.17. The van der Waals surface area contributed by atoms with Crippen molar-refractivity contribution in [3.63, 3.8) is 0 Å². The van der Waals surface area contributed by atoms with Crippen LogP contribution in [-0.2, 0) is 0 Å². The van der Waals surface area contributed by atoms with Crippen LogP contribution >= 0.6 is 15.9 Å². The Labute approximate surface area is 97.6 Å². The molecule has 1 N–H and O–H groups in total. The van der Waals surface area contributed by atoms with Gasteiger partial charge in [0.05, 0.1) is 5.69 Å². The monoisotopic (exact) mass is 272 g/mol. The van der Waals surface area contributed by atoms with Crippen molar-refractivity contribution in [2.45, 2.75) is 13.0 Å². The molecule has 1 unspecified atom stereocenters. The lowest BCUT2D eigenvalue weighted by Gasteiger charge is -2.34. The highest BCUT2D eigenvalue weighted by atomic mass is 79.9. The number of rotatable bonds is 1. The van der Waals surface area contributed by atoms with Crippen LogP contribution in [0.25, 0.3) is 0 Å². The largest absolute Gasteiger partial charge is 0.365 e. The number of para-hydroxylation sites is 1. The number of benzene rings is 1. The maximum atomic E-state index is 13.7. The second kappa shape index (κ2) is 4.49. The zero-order valence-corrected chi connectivity index (χ0v) is 10.2. The van der Waals surface area contributed by atoms with Crippen molar-refractivity contribution in [3.8, 4) is 0 Å². The fraction of sp³-hybridized carbons (Fsp3) is 0.455. The first-order valence-electron chi connectivity index (χ1n) is 5.11. The summed E-state index contributed by atoms with van der Waals surface area (Å²) in [5, 5.41) is 3.34. The molecule has 15 heavy (non-hydrogen) atoms. The van der Waals surface area contributed by atoms with Crippen LogP contribution < -0.4 is 10.2 Å². The number of nitrogens with one attached hydrogen (secondary N) is 1. The van der Waals surface area contributed by atoms with Crippen LogP contribution in [0.1, 0.15) is 6.92 Å². The average molecular weight is 273 g/mol. The standard InChI is InChI=1S/C11H14BrFN2/c1-8-7-15(6-5-14-8)11-9(12)3-2-4-10(11)13/h2-4,8,14H,5-7H2,1H3. The van der Waals surface area contributed by atoms with Crippen molar-refractivity contribution in [2.75, 3.05) is 24.5 Å². The van der Waals surface area contributed by atoms with E-state index >= 15 is 0 Å². The van der Waals surface area contributed by atoms with Gasteiger partial charge in [-0.05, 0) is 35.0 Å². The van der Waals surface area contributed by atoms with E-state index in [2.05, 4.69) is 33.1 Å². The van der Waals surface area contributed by atoms with Crippen molar-refractivity contribution in [1.29, 1.82) is 0 Å². The van der Waals surface area contributed by atoms with Gasteiger partial charge >= 0.3 is 0 Å². The Morgan fingerprint density at radius 1 is 1.53 bits per heavy atom. The fourth-order valence-electron chi connectivity index (χ4n) is 1.93. The van der Waals surface area contributed by atoms with Crippen LogP contribution in [0, 0.1) is 5.82 Å². The normalized spacial score (nSPS) is 21.8. The maximum Gasteiger partial charge on any atom is 0.147 e. The smallest absolute Gasteiger partial charge is 0.147 e. The van der Waals surface area contributed by atoms with E-state index in [1.165, 1.54) is 6.07 Å². The van der Waals surface area contributed by atoms with Crippen LogP contribution in [0.2, 0.25) is 0 Å². The third-order valence-corrected chi connectivity index (χ3v) is 3.26. The molecular weight excluding hydrogens is 259 g/mol. The highest BCUT2D eigenvalue weighted by Gasteiger charge is 2.20. The molecular formula is C11H14BrFN2. The molecule has 0 amide bonds. The first-order valence-corrected chi connectivity index (χ1v) is 5.90. The van der Waals surface area contributed by atoms with Gasteiger partial charge in [-0.25, -0.2) is 4.39 Å². The Kier molecular flexibility index (Phi) is 3.26. The van der Waals surface area contributed by atoms with Gasteiger partial charge in [0, 0.05) is 30.1 Å². The second-order valence-corrected chi connectivity index (χ2v) is 4.73. The minimum atomic E-state index is -0.154. The Morgan fingerprint density at radius 2 is 2.33 bits per heavy atom. The lowest BCUT2D eigenvalue weighted by atomic mass is 10.2. The van der Waals surface area contributed by atoms with Crippen LogP contribution in [0.3, 0.4) is 0 Å². The molecule has 1 aliphatic rings. The van der Waals surface area contributed by atoms with Crippen LogP contribution in [0.5, 0.6) is 0 Å². The zero-order valence-electron chi connectivity index (χ0n) is 8.63. The summed E-state index contributed by atoms with van der Waals surface area (Å²) < 4.78 is 14.5. The number of piperazine rings is 1. The predicted molar refractivity (Wildman–Crippen MR) is 63.8 cm³/mol. The summed E-state index contributed by atoms with van der Waals surface area (Å²) in [6.07, 6.45) is 0. The van der Waals surface area contributed by atoms with Crippen molar-refractivity contribution < 1.29 is 4.39 Å². The van der Waals surface area contributed by atoms with E-state index in [1.807, 2.05) is 6.07 Å². The summed E-state index contributed by atoms with van der Waals surface area (Å²) in [5.41, 5.74) is 0.686. The molecule has 0 saturated carbocycles. The summed E-state index contributed by atoms with van der Waals surface area (Å²) in [4.78, 5) is 2.08. The third-order valence-electron chi connectivity index (χ3n) is 2.62. The molecule has 1 aliphatic heterocycles. The molecule has 0 spiro atoms. The molecule has 1 atom stereocenters. The number of halogens is 2. The highest BCUT2D eigenvalue weighted by molar-refractivity contribution is 9.10. The Hall–Kier alpha value is -0.610. The van der Waals surface area contributed by atoms with E-state index in [9.17, 15) is 4.39 Å². The van der Waals surface area contributed by atoms with Gasteiger partial charge < -0.3 is 10.2 Å². The van der Waals surface area contributed by atoms with Crippen LogP contribution in [-0.4, -0.2) is 25.7 Å². The number of hydrogen-bond donors (Lipinski definition) is 1. The summed E-state index contributed by atoms with van der Waals surface area (Å²) in [6.45, 7) is 4.71. The Balaban J connectivity index is 2.28. The molecule has 1 aromatic carbocycles. The summed E-state index contributed by atoms with van der Waals surface area (Å²) in [5.74, 6) is -0.154. The highest BCUT2D eigenvalue weighted by Crippen LogP contribution is 2.29. The van der Waals surface area contributed by atoms with Gasteiger partial charge in [0.15, 0.2) is 0 Å². The topological polar surface area (TPSA) is 15.3 Å². The van der Waals surface area contributed by atoms with Crippen molar-refractivity contribution in [2.24, 2.45) is 0 Å². The SMILES string of the molecule is CC1CN(c2c(F)cccc2Br)CCN1. The number of hydrogen-bond acceptors (Lipinski definition) is 2. The fourth-order valence-corrected chi connectivity index (χ4v) is 2.52. The Morgan fingerprint density at radius 3 is 3.00 bits per heavy atom.